The molecule has 2 atom stereocenters. The zero-order chi connectivity index (χ0) is 24.1. The first-order valence-electron chi connectivity index (χ1n) is 9.96. The van der Waals surface area contributed by atoms with Gasteiger partial charge in [0.1, 0.15) is 17.8 Å². The summed E-state index contributed by atoms with van der Waals surface area (Å²) >= 11 is 0. The van der Waals surface area contributed by atoms with Gasteiger partial charge in [-0.2, -0.15) is 0 Å². The van der Waals surface area contributed by atoms with Crippen molar-refractivity contribution in [3.8, 4) is 5.75 Å². The van der Waals surface area contributed by atoms with Gasteiger partial charge in [0.15, 0.2) is 5.78 Å². The van der Waals surface area contributed by atoms with E-state index in [-0.39, 0.29) is 32.2 Å². The lowest BCUT2D eigenvalue weighted by Crippen LogP contribution is -2.53. The van der Waals surface area contributed by atoms with Gasteiger partial charge in [-0.05, 0) is 30.5 Å². The Bertz CT molecular complexity index is 840. The van der Waals surface area contributed by atoms with E-state index in [1.54, 1.807) is 24.3 Å². The van der Waals surface area contributed by atoms with Gasteiger partial charge in [-0.1, -0.05) is 12.1 Å². The normalized spacial score (nSPS) is 12.1. The number of hydrogen-bond acceptors (Lipinski definition) is 7. The Morgan fingerprint density at radius 1 is 1.00 bits per heavy atom. The summed E-state index contributed by atoms with van der Waals surface area (Å²) in [5, 5.41) is 14.6. The number of primary amides is 1. The molecule has 0 saturated heterocycles. The summed E-state index contributed by atoms with van der Waals surface area (Å²) in [5.41, 5.74) is 5.91. The van der Waals surface area contributed by atoms with Gasteiger partial charge in [0.25, 0.3) is 0 Å². The molecule has 1 rings (SSSR count). The third kappa shape index (κ3) is 9.83. The van der Waals surface area contributed by atoms with Crippen molar-refractivity contribution in [3.63, 3.8) is 0 Å². The third-order valence-electron chi connectivity index (χ3n) is 4.47. The smallest absolute Gasteiger partial charge is 0.243 e. The Morgan fingerprint density at radius 3 is 2.12 bits per heavy atom. The highest BCUT2D eigenvalue weighted by atomic mass is 16.5. The number of carbonyl (C=O) groups excluding carboxylic acids is 5. The molecule has 0 saturated carbocycles. The second-order valence-corrected chi connectivity index (χ2v) is 7.03. The molecule has 0 fully saturated rings. The molecule has 174 valence electrons. The minimum Gasteiger partial charge on any atom is -0.497 e. The molecule has 0 aliphatic rings. The Morgan fingerprint density at radius 2 is 1.59 bits per heavy atom. The monoisotopic (exact) mass is 447 g/mol. The van der Waals surface area contributed by atoms with E-state index in [2.05, 4.69) is 16.0 Å². The van der Waals surface area contributed by atoms with Crippen molar-refractivity contribution in [2.24, 2.45) is 5.73 Å². The van der Waals surface area contributed by atoms with E-state index in [9.17, 15) is 24.0 Å². The number of amides is 4. The predicted octanol–water partition coefficient (Wildman–Crippen LogP) is -0.435. The van der Waals surface area contributed by atoms with Gasteiger partial charge in [-0.3, -0.25) is 24.0 Å². The third-order valence-corrected chi connectivity index (χ3v) is 4.47. The molecule has 0 bridgehead atoms. The highest BCUT2D eigenvalue weighted by Gasteiger charge is 2.26. The maximum absolute atomic E-state index is 12.7. The lowest BCUT2D eigenvalue weighted by atomic mass is 10.1. The summed E-state index contributed by atoms with van der Waals surface area (Å²) in [6.07, 6.45) is 0.286. The molecule has 11 heteroatoms. The van der Waals surface area contributed by atoms with Crippen LogP contribution in [0.5, 0.6) is 5.75 Å². The Hall–Kier alpha value is -3.76. The fourth-order valence-corrected chi connectivity index (χ4v) is 2.76. The molecule has 1 aromatic rings. The number of Topliss-reactive ketones (excluding diaryl/α,β-unsaturated/α-hetero) is 1. The Balaban J connectivity index is 2.86. The molecule has 1 aromatic carbocycles. The highest BCUT2D eigenvalue weighted by Crippen LogP contribution is 2.11. The highest BCUT2D eigenvalue weighted by molar-refractivity contribution is 6.26. The van der Waals surface area contributed by atoms with Crippen LogP contribution in [-0.4, -0.2) is 54.8 Å². The Kier molecular flexibility index (Phi) is 11.1. The number of methoxy groups -OCH3 is 1. The number of nitrogens with two attached hydrogens (primary N) is 1. The zero-order valence-corrected chi connectivity index (χ0v) is 18.1. The number of rotatable bonds is 14. The summed E-state index contributed by atoms with van der Waals surface area (Å²) < 4.78 is 5.08. The summed E-state index contributed by atoms with van der Waals surface area (Å²) in [5.74, 6) is -2.20. The molecule has 0 radical (unpaired) electrons. The van der Waals surface area contributed by atoms with E-state index in [1.165, 1.54) is 14.0 Å². The number of ether oxygens (including phenoxy) is 1. The van der Waals surface area contributed by atoms with Crippen LogP contribution in [0.3, 0.4) is 0 Å². The topological polar surface area (TPSA) is 181 Å². The quantitative estimate of drug-likeness (QED) is 0.241. The van der Waals surface area contributed by atoms with Crippen molar-refractivity contribution in [2.45, 2.75) is 51.2 Å². The van der Waals surface area contributed by atoms with Gasteiger partial charge >= 0.3 is 0 Å². The lowest BCUT2D eigenvalue weighted by Gasteiger charge is -2.22. The fraction of sp³-hybridized carbons (Fsp3) is 0.429. The summed E-state index contributed by atoms with van der Waals surface area (Å²) in [6, 6.07) is 4.84. The van der Waals surface area contributed by atoms with Crippen molar-refractivity contribution in [1.29, 1.82) is 5.41 Å². The second-order valence-electron chi connectivity index (χ2n) is 7.03. The minimum absolute atomic E-state index is 0.0413. The van der Waals surface area contributed by atoms with Crippen molar-refractivity contribution in [2.75, 3.05) is 7.11 Å². The first-order valence-corrected chi connectivity index (χ1v) is 9.96. The molecule has 0 aliphatic carbocycles. The molecule has 0 aliphatic heterocycles. The fourth-order valence-electron chi connectivity index (χ4n) is 2.76. The Labute approximate surface area is 186 Å². The molecule has 0 heterocycles. The van der Waals surface area contributed by atoms with E-state index in [4.69, 9.17) is 15.9 Å². The molecule has 4 amide bonds. The maximum Gasteiger partial charge on any atom is 0.243 e. The van der Waals surface area contributed by atoms with Crippen LogP contribution in [0.1, 0.15) is 38.2 Å². The van der Waals surface area contributed by atoms with Crippen molar-refractivity contribution >= 4 is 35.6 Å². The predicted molar refractivity (Wildman–Crippen MR) is 116 cm³/mol. The van der Waals surface area contributed by atoms with Crippen LogP contribution in [0.2, 0.25) is 0 Å². The second kappa shape index (κ2) is 13.5. The van der Waals surface area contributed by atoms with Crippen LogP contribution in [0, 0.1) is 5.41 Å². The number of hydrogen-bond donors (Lipinski definition) is 5. The number of carbonyl (C=O) groups is 5. The van der Waals surface area contributed by atoms with Crippen LogP contribution in [0.4, 0.5) is 0 Å². The molecular formula is C21H29N5O6. The van der Waals surface area contributed by atoms with Crippen molar-refractivity contribution in [1.82, 2.24) is 16.0 Å². The minimum atomic E-state index is -1.09. The zero-order valence-electron chi connectivity index (χ0n) is 18.1. The molecule has 0 aromatic heterocycles. The number of nitrogens with one attached hydrogen (secondary N) is 4. The van der Waals surface area contributed by atoms with Crippen LogP contribution in [-0.2, 0) is 30.5 Å². The molecule has 6 N–H and O–H groups in total. The summed E-state index contributed by atoms with van der Waals surface area (Å²) in [7, 11) is 1.54. The number of ketones is 1. The van der Waals surface area contributed by atoms with Crippen molar-refractivity contribution < 1.29 is 28.7 Å². The van der Waals surface area contributed by atoms with Gasteiger partial charge in [-0.25, -0.2) is 0 Å². The van der Waals surface area contributed by atoms with Crippen LogP contribution < -0.4 is 26.4 Å². The van der Waals surface area contributed by atoms with E-state index in [0.717, 1.165) is 5.56 Å². The first kappa shape index (κ1) is 26.3. The average Bonchev–Trinajstić information content (AvgIpc) is 2.77. The van der Waals surface area contributed by atoms with Gasteiger partial charge in [0, 0.05) is 26.3 Å². The number of benzene rings is 1. The van der Waals surface area contributed by atoms with Crippen LogP contribution in [0.15, 0.2) is 24.3 Å². The lowest BCUT2D eigenvalue weighted by molar-refractivity contribution is -0.132. The van der Waals surface area contributed by atoms with Crippen LogP contribution in [0.25, 0.3) is 0 Å². The van der Waals surface area contributed by atoms with Gasteiger partial charge < -0.3 is 31.8 Å². The molecule has 0 spiro atoms. The van der Waals surface area contributed by atoms with Gasteiger partial charge in [0.2, 0.25) is 23.6 Å². The molecule has 11 nitrogen and oxygen atoms in total. The van der Waals surface area contributed by atoms with Gasteiger partial charge in [0.05, 0.1) is 13.3 Å². The first-order chi connectivity index (χ1) is 15.2. The molecule has 32 heavy (non-hydrogen) atoms. The standard InChI is InChI=1S/C21H29N5O6/c1-13(27)25-18(9-10-19(23)29)21(31)26-17(8-5-15(28)11-22)20(30)24-12-14-3-6-16(32-2)7-4-14/h3-4,6-7,11,17-18,22H,5,8-10,12H2,1-2H3,(H2,23,29)(H,24,30)(H,25,27)(H,26,31)/t17-,18-/m0/s1. The van der Waals surface area contributed by atoms with Crippen LogP contribution >= 0.6 is 0 Å². The molecular weight excluding hydrogens is 418 g/mol. The largest absolute Gasteiger partial charge is 0.497 e. The van der Waals surface area contributed by atoms with E-state index in [0.29, 0.717) is 12.0 Å². The van der Waals surface area contributed by atoms with E-state index < -0.39 is 41.5 Å². The van der Waals surface area contributed by atoms with E-state index >= 15 is 0 Å². The average molecular weight is 447 g/mol. The maximum atomic E-state index is 12.7. The molecule has 0 unspecified atom stereocenters. The van der Waals surface area contributed by atoms with E-state index in [1.807, 2.05) is 0 Å². The summed E-state index contributed by atoms with van der Waals surface area (Å²) in [6.45, 7) is 1.39. The summed E-state index contributed by atoms with van der Waals surface area (Å²) in [4.78, 5) is 59.4. The van der Waals surface area contributed by atoms with Crippen molar-refractivity contribution in [3.05, 3.63) is 29.8 Å². The van der Waals surface area contributed by atoms with Gasteiger partial charge in [-0.15, -0.1) is 0 Å². The SMILES string of the molecule is COc1ccc(CNC(=O)[C@H](CCC(=O)C=N)NC(=O)[C@H](CCC(N)=O)NC(C)=O)cc1.